The third kappa shape index (κ3) is 6.08. The fourth-order valence-electron chi connectivity index (χ4n) is 1.47. The zero-order chi connectivity index (χ0) is 11.1. The van der Waals surface area contributed by atoms with Crippen LogP contribution in [0.2, 0.25) is 0 Å². The summed E-state index contributed by atoms with van der Waals surface area (Å²) in [6.07, 6.45) is 6.90. The molecule has 82 valence electrons. The number of unbranched alkanes of at least 4 members (excludes halogenated alkanes) is 1. The van der Waals surface area contributed by atoms with Crippen molar-refractivity contribution in [2.75, 3.05) is 27.7 Å². The number of nitrogens with zero attached hydrogens (tertiary/aromatic N) is 1. The Morgan fingerprint density at radius 2 is 1.73 bits per heavy atom. The van der Waals surface area contributed by atoms with Gasteiger partial charge in [-0.2, -0.15) is 0 Å². The van der Waals surface area contributed by atoms with Crippen LogP contribution in [0, 0.1) is 0 Å². The Bertz CT molecular complexity index is 293. The highest BCUT2D eigenvalue weighted by Gasteiger charge is 2.03. The van der Waals surface area contributed by atoms with Gasteiger partial charge >= 0.3 is 0 Å². The molecule has 0 radical (unpaired) electrons. The molecule has 15 heavy (non-hydrogen) atoms. The van der Waals surface area contributed by atoms with Gasteiger partial charge in [0.05, 0.1) is 27.7 Å². The van der Waals surface area contributed by atoms with Crippen molar-refractivity contribution in [2.45, 2.75) is 12.8 Å². The van der Waals surface area contributed by atoms with Gasteiger partial charge in [-0.3, -0.25) is 0 Å². The molecule has 1 heteroatoms. The predicted molar refractivity (Wildman–Crippen MR) is 67.6 cm³/mol. The molecule has 1 aromatic rings. The SMILES string of the molecule is C[N+](C)(C)CCCC=Cc1ccccc1. The van der Waals surface area contributed by atoms with Gasteiger partial charge in [0, 0.05) is 0 Å². The molecule has 0 amide bonds. The molecular formula is C14H22N+. The van der Waals surface area contributed by atoms with Crippen LogP contribution in [0.25, 0.3) is 6.08 Å². The Morgan fingerprint density at radius 1 is 1.07 bits per heavy atom. The van der Waals surface area contributed by atoms with Gasteiger partial charge in [-0.1, -0.05) is 42.5 Å². The van der Waals surface area contributed by atoms with Gasteiger partial charge in [-0.15, -0.1) is 0 Å². The zero-order valence-electron chi connectivity index (χ0n) is 10.1. The summed E-state index contributed by atoms with van der Waals surface area (Å²) in [5.74, 6) is 0. The molecule has 0 saturated heterocycles. The van der Waals surface area contributed by atoms with Crippen molar-refractivity contribution in [3.05, 3.63) is 42.0 Å². The summed E-state index contributed by atoms with van der Waals surface area (Å²) in [5, 5.41) is 0. The van der Waals surface area contributed by atoms with Crippen molar-refractivity contribution in [1.82, 2.24) is 0 Å². The van der Waals surface area contributed by atoms with Gasteiger partial charge in [-0.05, 0) is 18.4 Å². The summed E-state index contributed by atoms with van der Waals surface area (Å²) in [5.41, 5.74) is 1.29. The van der Waals surface area contributed by atoms with Crippen LogP contribution in [0.3, 0.4) is 0 Å². The molecule has 0 aliphatic rings. The summed E-state index contributed by atoms with van der Waals surface area (Å²) < 4.78 is 1.05. The van der Waals surface area contributed by atoms with Gasteiger partial charge in [-0.25, -0.2) is 0 Å². The van der Waals surface area contributed by atoms with Crippen LogP contribution in [0.15, 0.2) is 36.4 Å². The lowest BCUT2D eigenvalue weighted by Crippen LogP contribution is -2.35. The lowest BCUT2D eigenvalue weighted by molar-refractivity contribution is -0.870. The van der Waals surface area contributed by atoms with E-state index in [1.807, 2.05) is 0 Å². The molecule has 0 bridgehead atoms. The van der Waals surface area contributed by atoms with Crippen molar-refractivity contribution < 1.29 is 4.48 Å². The zero-order valence-corrected chi connectivity index (χ0v) is 10.1. The van der Waals surface area contributed by atoms with E-state index in [0.29, 0.717) is 0 Å². The van der Waals surface area contributed by atoms with E-state index in [-0.39, 0.29) is 0 Å². The lowest BCUT2D eigenvalue weighted by Gasteiger charge is -2.23. The number of quaternary nitrogens is 1. The highest BCUT2D eigenvalue weighted by atomic mass is 15.3. The van der Waals surface area contributed by atoms with E-state index in [4.69, 9.17) is 0 Å². The van der Waals surface area contributed by atoms with Crippen molar-refractivity contribution >= 4 is 6.08 Å². The smallest absolute Gasteiger partial charge is 0.0783 e. The Labute approximate surface area is 93.6 Å². The van der Waals surface area contributed by atoms with Crippen LogP contribution in [0.1, 0.15) is 18.4 Å². The Morgan fingerprint density at radius 3 is 2.33 bits per heavy atom. The molecule has 1 rings (SSSR count). The second kappa shape index (κ2) is 5.72. The van der Waals surface area contributed by atoms with E-state index in [1.165, 1.54) is 24.9 Å². The van der Waals surface area contributed by atoms with Crippen LogP contribution in [-0.2, 0) is 0 Å². The first kappa shape index (κ1) is 12.0. The number of benzene rings is 1. The minimum Gasteiger partial charge on any atom is -0.331 e. The third-order valence-corrected chi connectivity index (χ3v) is 2.31. The Hall–Kier alpha value is -1.08. The molecular weight excluding hydrogens is 182 g/mol. The Balaban J connectivity index is 2.24. The fraction of sp³-hybridized carbons (Fsp3) is 0.429. The third-order valence-electron chi connectivity index (χ3n) is 2.31. The van der Waals surface area contributed by atoms with Gasteiger partial charge in [0.25, 0.3) is 0 Å². The van der Waals surface area contributed by atoms with Crippen molar-refractivity contribution in [3.63, 3.8) is 0 Å². The van der Waals surface area contributed by atoms with Gasteiger partial charge in [0.2, 0.25) is 0 Å². The van der Waals surface area contributed by atoms with E-state index in [2.05, 4.69) is 63.6 Å². The van der Waals surface area contributed by atoms with Crippen LogP contribution < -0.4 is 0 Å². The number of hydrogen-bond acceptors (Lipinski definition) is 0. The summed E-state index contributed by atoms with van der Waals surface area (Å²) in [7, 11) is 6.71. The molecule has 0 N–H and O–H groups in total. The standard InChI is InChI=1S/C14H22N/c1-15(2,3)13-9-5-8-12-14-10-6-4-7-11-14/h4,6-8,10-12H,5,9,13H2,1-3H3/q+1. The van der Waals surface area contributed by atoms with Crippen molar-refractivity contribution in [1.29, 1.82) is 0 Å². The highest BCUT2D eigenvalue weighted by Crippen LogP contribution is 2.04. The highest BCUT2D eigenvalue weighted by molar-refractivity contribution is 5.48. The molecule has 0 atom stereocenters. The van der Waals surface area contributed by atoms with Crippen molar-refractivity contribution in [3.8, 4) is 0 Å². The largest absolute Gasteiger partial charge is 0.331 e. The van der Waals surface area contributed by atoms with Gasteiger partial charge in [0.15, 0.2) is 0 Å². The molecule has 1 aromatic carbocycles. The maximum Gasteiger partial charge on any atom is 0.0783 e. The molecule has 0 spiro atoms. The molecule has 0 saturated carbocycles. The van der Waals surface area contributed by atoms with Crippen LogP contribution >= 0.6 is 0 Å². The monoisotopic (exact) mass is 204 g/mol. The second-order valence-corrected chi connectivity index (χ2v) is 4.97. The van der Waals surface area contributed by atoms with Gasteiger partial charge < -0.3 is 4.48 Å². The van der Waals surface area contributed by atoms with Crippen molar-refractivity contribution in [2.24, 2.45) is 0 Å². The van der Waals surface area contributed by atoms with E-state index >= 15 is 0 Å². The molecule has 1 nitrogen and oxygen atoms in total. The average Bonchev–Trinajstić information content (AvgIpc) is 2.17. The Kier molecular flexibility index (Phi) is 4.57. The molecule has 0 heterocycles. The first-order chi connectivity index (χ1) is 7.08. The summed E-state index contributed by atoms with van der Waals surface area (Å²) in [6.45, 7) is 1.24. The molecule has 0 aromatic heterocycles. The van der Waals surface area contributed by atoms with Crippen LogP contribution in [0.5, 0.6) is 0 Å². The first-order valence-electron chi connectivity index (χ1n) is 5.60. The predicted octanol–water partition coefficient (Wildman–Crippen LogP) is 3.19. The van der Waals surface area contributed by atoms with E-state index in [1.54, 1.807) is 0 Å². The summed E-state index contributed by atoms with van der Waals surface area (Å²) in [6, 6.07) is 10.5. The minimum absolute atomic E-state index is 1.05. The maximum atomic E-state index is 2.27. The van der Waals surface area contributed by atoms with Gasteiger partial charge in [0.1, 0.15) is 0 Å². The molecule has 0 unspecified atom stereocenters. The maximum absolute atomic E-state index is 2.27. The molecule has 0 fully saturated rings. The summed E-state index contributed by atoms with van der Waals surface area (Å²) in [4.78, 5) is 0. The topological polar surface area (TPSA) is 0 Å². The second-order valence-electron chi connectivity index (χ2n) is 4.97. The van der Waals surface area contributed by atoms with E-state index < -0.39 is 0 Å². The fourth-order valence-corrected chi connectivity index (χ4v) is 1.47. The molecule has 0 aliphatic carbocycles. The molecule has 0 aliphatic heterocycles. The normalized spacial score (nSPS) is 12.2. The average molecular weight is 204 g/mol. The summed E-state index contributed by atoms with van der Waals surface area (Å²) >= 11 is 0. The van der Waals surface area contributed by atoms with E-state index in [9.17, 15) is 0 Å². The first-order valence-corrected chi connectivity index (χ1v) is 5.60. The number of rotatable bonds is 5. The number of hydrogen-bond donors (Lipinski definition) is 0. The number of allylic oxidation sites excluding steroid dienone is 1. The quantitative estimate of drug-likeness (QED) is 0.510. The lowest BCUT2D eigenvalue weighted by atomic mass is 10.2. The van der Waals surface area contributed by atoms with E-state index in [0.717, 1.165) is 4.48 Å². The van der Waals surface area contributed by atoms with Crippen LogP contribution in [-0.4, -0.2) is 32.2 Å². The van der Waals surface area contributed by atoms with Crippen LogP contribution in [0.4, 0.5) is 0 Å². The minimum atomic E-state index is 1.05.